The van der Waals surface area contributed by atoms with Gasteiger partial charge in [0.25, 0.3) is 0 Å². The van der Waals surface area contributed by atoms with Crippen LogP contribution in [0.4, 0.5) is 10.1 Å². The molecule has 10 heteroatoms. The van der Waals surface area contributed by atoms with Crippen LogP contribution in [0.25, 0.3) is 0 Å². The Morgan fingerprint density at radius 1 is 1.12 bits per heavy atom. The summed E-state index contributed by atoms with van der Waals surface area (Å²) in [6.45, 7) is 4.95. The minimum atomic E-state index is -3.80. The third-order valence-electron chi connectivity index (χ3n) is 4.86. The van der Waals surface area contributed by atoms with Crippen LogP contribution in [0.5, 0.6) is 0 Å². The Labute approximate surface area is 203 Å². The van der Waals surface area contributed by atoms with Gasteiger partial charge in [0.2, 0.25) is 21.8 Å². The molecule has 0 saturated carbocycles. The summed E-state index contributed by atoms with van der Waals surface area (Å²) in [6, 6.07) is 11.3. The van der Waals surface area contributed by atoms with Crippen LogP contribution in [0.15, 0.2) is 53.0 Å². The van der Waals surface area contributed by atoms with E-state index in [0.717, 1.165) is 10.6 Å². The zero-order valence-electron chi connectivity index (χ0n) is 19.1. The fourth-order valence-electron chi connectivity index (χ4n) is 3.33. The van der Waals surface area contributed by atoms with Crippen molar-refractivity contribution in [2.45, 2.75) is 45.8 Å². The molecule has 2 rings (SSSR count). The van der Waals surface area contributed by atoms with Gasteiger partial charge in [0.1, 0.15) is 18.4 Å². The smallest absolute Gasteiger partial charge is 0.244 e. The second-order valence-corrected chi connectivity index (χ2v) is 10.8. The van der Waals surface area contributed by atoms with E-state index in [9.17, 15) is 22.4 Å². The van der Waals surface area contributed by atoms with Gasteiger partial charge in [-0.1, -0.05) is 41.1 Å². The lowest BCUT2D eigenvalue weighted by molar-refractivity contribution is -0.140. The molecule has 2 aromatic carbocycles. The molecule has 0 fully saturated rings. The molecule has 0 heterocycles. The first-order valence-electron chi connectivity index (χ1n) is 10.5. The monoisotopic (exact) mass is 541 g/mol. The summed E-state index contributed by atoms with van der Waals surface area (Å²) in [5.41, 5.74) is 0.940. The maximum atomic E-state index is 13.5. The molecule has 0 aliphatic rings. The van der Waals surface area contributed by atoms with Crippen LogP contribution in [0, 0.1) is 5.82 Å². The Hall–Kier alpha value is -2.46. The van der Waals surface area contributed by atoms with E-state index in [1.165, 1.54) is 29.2 Å². The van der Waals surface area contributed by atoms with E-state index in [1.807, 2.05) is 13.8 Å². The van der Waals surface area contributed by atoms with Crippen molar-refractivity contribution in [3.05, 3.63) is 64.4 Å². The Kier molecular flexibility index (Phi) is 9.42. The molecule has 1 unspecified atom stereocenters. The number of sulfonamides is 1. The number of carbonyl (C=O) groups excluding carboxylic acids is 2. The van der Waals surface area contributed by atoms with Crippen molar-refractivity contribution in [2.75, 3.05) is 17.1 Å². The van der Waals surface area contributed by atoms with Crippen molar-refractivity contribution in [3.8, 4) is 0 Å². The highest BCUT2D eigenvalue weighted by Gasteiger charge is 2.32. The first-order chi connectivity index (χ1) is 15.4. The van der Waals surface area contributed by atoms with E-state index < -0.39 is 34.3 Å². The molecule has 2 amide bonds. The molecule has 0 aliphatic heterocycles. The molecule has 0 spiro atoms. The van der Waals surface area contributed by atoms with Gasteiger partial charge in [0.15, 0.2) is 0 Å². The third kappa shape index (κ3) is 7.82. The van der Waals surface area contributed by atoms with Gasteiger partial charge in [0, 0.05) is 17.1 Å². The molecule has 0 aliphatic carbocycles. The number of halogens is 2. The third-order valence-corrected chi connectivity index (χ3v) is 6.49. The lowest BCUT2D eigenvalue weighted by atomic mass is 10.1. The van der Waals surface area contributed by atoms with Crippen LogP contribution < -0.4 is 9.62 Å². The summed E-state index contributed by atoms with van der Waals surface area (Å²) in [5, 5.41) is 2.82. The highest BCUT2D eigenvalue weighted by Crippen LogP contribution is 2.23. The van der Waals surface area contributed by atoms with Gasteiger partial charge >= 0.3 is 0 Å². The Morgan fingerprint density at radius 2 is 1.76 bits per heavy atom. The van der Waals surface area contributed by atoms with Crippen molar-refractivity contribution in [1.29, 1.82) is 0 Å². The van der Waals surface area contributed by atoms with Crippen molar-refractivity contribution in [2.24, 2.45) is 0 Å². The van der Waals surface area contributed by atoms with Crippen LogP contribution in [0.2, 0.25) is 0 Å². The van der Waals surface area contributed by atoms with Crippen molar-refractivity contribution < 1.29 is 22.4 Å². The summed E-state index contributed by atoms with van der Waals surface area (Å²) in [6.07, 6.45) is 1.34. The van der Waals surface area contributed by atoms with Crippen LogP contribution >= 0.6 is 15.9 Å². The molecule has 0 saturated heterocycles. The summed E-state index contributed by atoms with van der Waals surface area (Å²) in [7, 11) is -3.80. The summed E-state index contributed by atoms with van der Waals surface area (Å²) in [4.78, 5) is 27.7. The lowest BCUT2D eigenvalue weighted by Crippen LogP contribution is -2.53. The number of benzene rings is 2. The molecule has 1 atom stereocenters. The average Bonchev–Trinajstić information content (AvgIpc) is 2.71. The number of rotatable bonds is 10. The second kappa shape index (κ2) is 11.6. The standard InChI is InChI=1S/C23H29BrFN3O4S/c1-5-21(23(30)26-16(2)3)27(14-17-9-11-19(25)12-10-17)22(29)15-28(33(4,31)32)20-8-6-7-18(24)13-20/h6-13,16,21H,5,14-15H2,1-4H3,(H,26,30). The maximum absolute atomic E-state index is 13.5. The molecule has 33 heavy (non-hydrogen) atoms. The molecular weight excluding hydrogens is 513 g/mol. The quantitative estimate of drug-likeness (QED) is 0.497. The first kappa shape index (κ1) is 26.8. The minimum Gasteiger partial charge on any atom is -0.352 e. The highest BCUT2D eigenvalue weighted by atomic mass is 79.9. The van der Waals surface area contributed by atoms with Gasteiger partial charge < -0.3 is 10.2 Å². The van der Waals surface area contributed by atoms with Crippen molar-refractivity contribution >= 4 is 43.5 Å². The zero-order valence-corrected chi connectivity index (χ0v) is 21.5. The van der Waals surface area contributed by atoms with E-state index in [-0.39, 0.29) is 18.5 Å². The number of hydrogen-bond acceptors (Lipinski definition) is 4. The summed E-state index contributed by atoms with van der Waals surface area (Å²) < 4.78 is 40.1. The molecule has 0 aromatic heterocycles. The van der Waals surface area contributed by atoms with E-state index in [1.54, 1.807) is 31.2 Å². The normalized spacial score (nSPS) is 12.3. The van der Waals surface area contributed by atoms with Crippen molar-refractivity contribution in [3.63, 3.8) is 0 Å². The number of nitrogens with one attached hydrogen (secondary N) is 1. The van der Waals surface area contributed by atoms with Crippen LogP contribution in [-0.2, 0) is 26.2 Å². The Bertz CT molecular complexity index is 1080. The maximum Gasteiger partial charge on any atom is 0.244 e. The Balaban J connectivity index is 2.43. The van der Waals surface area contributed by atoms with E-state index >= 15 is 0 Å². The number of carbonyl (C=O) groups is 2. The van der Waals surface area contributed by atoms with Crippen molar-refractivity contribution in [1.82, 2.24) is 10.2 Å². The van der Waals surface area contributed by atoms with E-state index in [4.69, 9.17) is 0 Å². The van der Waals surface area contributed by atoms with E-state index in [0.29, 0.717) is 22.1 Å². The van der Waals surface area contributed by atoms with Crippen LogP contribution in [-0.4, -0.2) is 50.0 Å². The second-order valence-electron chi connectivity index (χ2n) is 7.98. The average molecular weight is 542 g/mol. The zero-order chi connectivity index (χ0) is 24.8. The molecule has 1 N–H and O–H groups in total. The van der Waals surface area contributed by atoms with Crippen LogP contribution in [0.1, 0.15) is 32.8 Å². The summed E-state index contributed by atoms with van der Waals surface area (Å²) >= 11 is 3.32. The molecule has 2 aromatic rings. The molecule has 180 valence electrons. The minimum absolute atomic E-state index is 0.0270. The molecule has 0 radical (unpaired) electrons. The van der Waals surface area contributed by atoms with Gasteiger partial charge in [-0.3, -0.25) is 13.9 Å². The SMILES string of the molecule is CCC(C(=O)NC(C)C)N(Cc1ccc(F)cc1)C(=O)CN(c1cccc(Br)c1)S(C)(=O)=O. The van der Waals surface area contributed by atoms with Gasteiger partial charge in [-0.15, -0.1) is 0 Å². The molecule has 0 bridgehead atoms. The fraction of sp³-hybridized carbons (Fsp3) is 0.391. The van der Waals surface area contributed by atoms with Gasteiger partial charge in [0.05, 0.1) is 11.9 Å². The number of nitrogens with zero attached hydrogens (tertiary/aromatic N) is 2. The van der Waals surface area contributed by atoms with Gasteiger partial charge in [-0.25, -0.2) is 12.8 Å². The molecular formula is C23H29BrFN3O4S. The number of amides is 2. The Morgan fingerprint density at radius 3 is 2.27 bits per heavy atom. The fourth-order valence-corrected chi connectivity index (χ4v) is 4.56. The topological polar surface area (TPSA) is 86.8 Å². The predicted molar refractivity (Wildman–Crippen MR) is 131 cm³/mol. The number of hydrogen-bond donors (Lipinski definition) is 1. The first-order valence-corrected chi connectivity index (χ1v) is 13.1. The van der Waals surface area contributed by atoms with Gasteiger partial charge in [-0.05, 0) is 56.2 Å². The van der Waals surface area contributed by atoms with E-state index in [2.05, 4.69) is 21.2 Å². The predicted octanol–water partition coefficient (Wildman–Crippen LogP) is 3.69. The number of anilines is 1. The highest BCUT2D eigenvalue weighted by molar-refractivity contribution is 9.10. The molecule has 7 nitrogen and oxygen atoms in total. The largest absolute Gasteiger partial charge is 0.352 e. The van der Waals surface area contributed by atoms with Crippen LogP contribution in [0.3, 0.4) is 0 Å². The lowest BCUT2D eigenvalue weighted by Gasteiger charge is -2.33. The van der Waals surface area contributed by atoms with Gasteiger partial charge in [-0.2, -0.15) is 0 Å². The summed E-state index contributed by atoms with van der Waals surface area (Å²) in [5.74, 6) is -1.30.